The minimum atomic E-state index is -4.34. The topological polar surface area (TPSA) is 153 Å². The van der Waals surface area contributed by atoms with Gasteiger partial charge in [0.05, 0.1) is 16.1 Å². The summed E-state index contributed by atoms with van der Waals surface area (Å²) in [6, 6.07) is 6.10. The van der Waals surface area contributed by atoms with E-state index in [0.29, 0.717) is 16.7 Å². The first-order valence-corrected chi connectivity index (χ1v) is 11.7. The van der Waals surface area contributed by atoms with Crippen molar-refractivity contribution < 1.29 is 59.0 Å². The Bertz CT molecular complexity index is 1080. The van der Waals surface area contributed by atoms with Gasteiger partial charge in [0, 0.05) is 29.4 Å². The molecule has 2 aromatic rings. The molecule has 1 heterocycles. The van der Waals surface area contributed by atoms with Crippen LogP contribution in [0.15, 0.2) is 49.6 Å². The van der Waals surface area contributed by atoms with Crippen LogP contribution in [0.5, 0.6) is 0 Å². The van der Waals surface area contributed by atoms with E-state index < -0.39 is 27.9 Å². The molecule has 0 aliphatic rings. The number of azo groups is 1. The maximum absolute atomic E-state index is 11.7. The number of carboxylic acid groups (broad SMARTS) is 1. The van der Waals surface area contributed by atoms with E-state index in [1.165, 1.54) is 18.3 Å². The largest absolute Gasteiger partial charge is 1.00 e. The Labute approximate surface area is 219 Å². The van der Waals surface area contributed by atoms with E-state index in [-0.39, 0.29) is 54.6 Å². The maximum Gasteiger partial charge on any atom is 1.00 e. The number of carboxylic acids is 1. The van der Waals surface area contributed by atoms with Crippen LogP contribution in [0.1, 0.15) is 18.7 Å². The molecule has 10 nitrogen and oxygen atoms in total. The number of likely N-dealkylation sites (N-methyl/N-ethyl adjacent to an activating group) is 1. The third kappa shape index (κ3) is 8.85. The smallest absolute Gasteiger partial charge is 1.00 e. The number of hydrogen-bond acceptors (Lipinski definition) is 8. The van der Waals surface area contributed by atoms with Crippen LogP contribution in [0.25, 0.3) is 0 Å². The van der Waals surface area contributed by atoms with Gasteiger partial charge in [-0.1, -0.05) is 0 Å². The number of rotatable bonds is 9. The van der Waals surface area contributed by atoms with Crippen molar-refractivity contribution in [2.24, 2.45) is 10.2 Å². The molecule has 0 spiro atoms. The molecule has 1 atom stereocenters. The number of aromatic carboxylic acids is 1. The van der Waals surface area contributed by atoms with E-state index in [0.717, 1.165) is 4.47 Å². The summed E-state index contributed by atoms with van der Waals surface area (Å²) in [6.45, 7) is 2.00. The van der Waals surface area contributed by atoms with Crippen LogP contribution in [-0.2, 0) is 10.1 Å². The van der Waals surface area contributed by atoms with E-state index in [2.05, 4.69) is 47.1 Å². The molecule has 0 aliphatic carbocycles. The summed E-state index contributed by atoms with van der Waals surface area (Å²) in [6.07, 6.45) is 0.172. The van der Waals surface area contributed by atoms with Gasteiger partial charge < -0.3 is 16.5 Å². The zero-order valence-corrected chi connectivity index (χ0v) is 22.6. The Morgan fingerprint density at radius 2 is 1.97 bits per heavy atom. The second-order valence-corrected chi connectivity index (χ2v) is 9.37. The summed E-state index contributed by atoms with van der Waals surface area (Å²) in [5, 5.41) is 27.4. The van der Waals surface area contributed by atoms with Crippen LogP contribution in [0, 0.1) is 0 Å². The van der Waals surface area contributed by atoms with Crippen LogP contribution < -0.4 is 34.5 Å². The van der Waals surface area contributed by atoms with Gasteiger partial charge >= 0.3 is 35.5 Å². The minimum absolute atomic E-state index is 0. The van der Waals surface area contributed by atoms with Crippen molar-refractivity contribution in [3.05, 3.63) is 45.0 Å². The van der Waals surface area contributed by atoms with Gasteiger partial charge in [-0.25, -0.2) is 9.78 Å². The van der Waals surface area contributed by atoms with Gasteiger partial charge in [-0.05, 0) is 63.0 Å². The first kappa shape index (κ1) is 28.1. The number of nitrogens with zero attached hydrogens (tertiary/aromatic N) is 4. The molecule has 164 valence electrons. The van der Waals surface area contributed by atoms with Gasteiger partial charge in [0.1, 0.15) is 11.4 Å². The standard InChI is InChI=1S/C17H18Br2N4O6S.Na.H/c1-2-23(8-12(24)9-30(27,28)29)11-3-4-15(13(6-11)17(25)26)21-22-16-14(19)5-10(18)7-20-16;;/h3-7,12,24H,2,8-9H2,1H3,(H,25,26)(H,27,28,29);;/q;+1;-1. The average molecular weight is 590 g/mol. The minimum Gasteiger partial charge on any atom is -1.00 e. The number of hydrogen-bond donors (Lipinski definition) is 3. The summed E-state index contributed by atoms with van der Waals surface area (Å²) in [4.78, 5) is 17.4. The number of benzene rings is 1. The number of carbonyl (C=O) groups is 1. The van der Waals surface area contributed by atoms with Crippen molar-refractivity contribution >= 4 is 65.1 Å². The van der Waals surface area contributed by atoms with Crippen LogP contribution in [0.4, 0.5) is 17.2 Å². The van der Waals surface area contributed by atoms with Gasteiger partial charge in [-0.2, -0.15) is 8.42 Å². The van der Waals surface area contributed by atoms with Crippen molar-refractivity contribution in [2.45, 2.75) is 13.0 Å². The van der Waals surface area contributed by atoms with Gasteiger partial charge in [-0.15, -0.1) is 10.2 Å². The number of aromatic nitrogens is 1. The van der Waals surface area contributed by atoms with Crippen molar-refractivity contribution in [3.8, 4) is 0 Å². The molecule has 0 aliphatic heterocycles. The molecule has 31 heavy (non-hydrogen) atoms. The molecule has 0 saturated heterocycles. The molecule has 0 radical (unpaired) electrons. The fraction of sp³-hybridized carbons (Fsp3) is 0.294. The van der Waals surface area contributed by atoms with Gasteiger partial charge in [0.2, 0.25) is 0 Å². The first-order valence-electron chi connectivity index (χ1n) is 8.48. The Balaban J connectivity index is 0.00000480. The molecule has 0 fully saturated rings. The van der Waals surface area contributed by atoms with Gasteiger partial charge in [0.15, 0.2) is 5.82 Å². The van der Waals surface area contributed by atoms with E-state index in [4.69, 9.17) is 4.55 Å². The van der Waals surface area contributed by atoms with E-state index >= 15 is 0 Å². The van der Waals surface area contributed by atoms with Crippen LogP contribution in [0.2, 0.25) is 0 Å². The number of halogens is 2. The molecule has 0 amide bonds. The third-order valence-corrected chi connectivity index (χ3v) is 5.66. The molecule has 0 saturated carbocycles. The summed E-state index contributed by atoms with van der Waals surface area (Å²) in [5.41, 5.74) is 0.399. The number of aliphatic hydroxyl groups is 1. The zero-order chi connectivity index (χ0) is 22.5. The van der Waals surface area contributed by atoms with Crippen LogP contribution in [0.3, 0.4) is 0 Å². The van der Waals surface area contributed by atoms with Crippen molar-refractivity contribution in [2.75, 3.05) is 23.7 Å². The second kappa shape index (κ2) is 12.3. The molecule has 2 rings (SSSR count). The Hall–Kier alpha value is -0.930. The Morgan fingerprint density at radius 3 is 2.52 bits per heavy atom. The molecule has 3 N–H and O–H groups in total. The predicted molar refractivity (Wildman–Crippen MR) is 119 cm³/mol. The summed E-state index contributed by atoms with van der Waals surface area (Å²) in [7, 11) is -4.34. The molecule has 1 unspecified atom stereocenters. The molecular formula is C17H19Br2N4NaO6S. The fourth-order valence-corrected chi connectivity index (χ4v) is 4.19. The zero-order valence-electron chi connectivity index (χ0n) is 17.6. The number of pyridine rings is 1. The molecule has 1 aromatic carbocycles. The molecule has 14 heteroatoms. The van der Waals surface area contributed by atoms with Crippen molar-refractivity contribution in [1.82, 2.24) is 4.98 Å². The van der Waals surface area contributed by atoms with Crippen molar-refractivity contribution in [1.29, 1.82) is 0 Å². The Morgan fingerprint density at radius 1 is 1.29 bits per heavy atom. The summed E-state index contributed by atoms with van der Waals surface area (Å²) < 4.78 is 32.0. The van der Waals surface area contributed by atoms with Crippen LogP contribution >= 0.6 is 31.9 Å². The summed E-state index contributed by atoms with van der Waals surface area (Å²) >= 11 is 6.57. The predicted octanol–water partition coefficient (Wildman–Crippen LogP) is 0.912. The molecule has 1 aromatic heterocycles. The quantitative estimate of drug-likeness (QED) is 0.222. The van der Waals surface area contributed by atoms with E-state index in [1.54, 1.807) is 24.0 Å². The van der Waals surface area contributed by atoms with Crippen molar-refractivity contribution in [3.63, 3.8) is 0 Å². The molecule has 0 bridgehead atoms. The maximum atomic E-state index is 11.7. The third-order valence-electron chi connectivity index (χ3n) is 3.83. The van der Waals surface area contributed by atoms with Gasteiger partial charge in [-0.3, -0.25) is 4.55 Å². The average Bonchev–Trinajstić information content (AvgIpc) is 2.64. The Kier molecular flexibility index (Phi) is 11.2. The normalized spacial score (nSPS) is 12.4. The van der Waals surface area contributed by atoms with E-state index in [1.807, 2.05) is 0 Å². The van der Waals surface area contributed by atoms with Crippen LogP contribution in [-0.4, -0.2) is 59.1 Å². The summed E-state index contributed by atoms with van der Waals surface area (Å²) in [5.74, 6) is -1.79. The van der Waals surface area contributed by atoms with E-state index in [9.17, 15) is 23.4 Å². The number of aliphatic hydroxyl groups excluding tert-OH is 1. The first-order chi connectivity index (χ1) is 14.0. The second-order valence-electron chi connectivity index (χ2n) is 6.11. The monoisotopic (exact) mass is 588 g/mol. The molecular weight excluding hydrogens is 571 g/mol. The SMILES string of the molecule is CCN(CC(O)CS(=O)(=O)O)c1ccc(N=Nc2ncc(Br)cc2Br)c(C(=O)O)c1.[H-].[Na+]. The van der Waals surface area contributed by atoms with Gasteiger partial charge in [0.25, 0.3) is 10.1 Å². The fourth-order valence-electron chi connectivity index (χ4n) is 2.53. The number of anilines is 1.